The van der Waals surface area contributed by atoms with Crippen molar-refractivity contribution in [3.63, 3.8) is 0 Å². The maximum absolute atomic E-state index is 13.7. The normalized spacial score (nSPS) is 18.4. The van der Waals surface area contributed by atoms with Crippen molar-refractivity contribution < 1.29 is 28.7 Å². The SMILES string of the molecule is CCCCCC(=O)OC(CC)OC(=O)C1=C(CSc2nnnn2CCN(C)C)CS[C@@H]2[C@H](NC(=O)Cc3csc(N)n3)C(=O)N12. The molecule has 1 fully saturated rings. The summed E-state index contributed by atoms with van der Waals surface area (Å²) in [5.41, 5.74) is 6.91. The van der Waals surface area contributed by atoms with E-state index in [9.17, 15) is 19.2 Å². The zero-order chi connectivity index (χ0) is 32.5. The molecular formula is C27H39N9O6S3. The first kappa shape index (κ1) is 34.6. The molecule has 0 radical (unpaired) electrons. The molecule has 1 saturated heterocycles. The van der Waals surface area contributed by atoms with Crippen LogP contribution in [0.15, 0.2) is 21.8 Å². The van der Waals surface area contributed by atoms with Gasteiger partial charge in [0.05, 0.1) is 18.7 Å². The molecule has 2 amide bonds. The third-order valence-electron chi connectivity index (χ3n) is 6.92. The second-order valence-corrected chi connectivity index (χ2v) is 13.7. The number of rotatable bonds is 17. The van der Waals surface area contributed by atoms with Crippen LogP contribution in [0.4, 0.5) is 5.13 Å². The fourth-order valence-electron chi connectivity index (χ4n) is 4.55. The van der Waals surface area contributed by atoms with Crippen molar-refractivity contribution in [2.75, 3.05) is 37.9 Å². The van der Waals surface area contributed by atoms with E-state index in [0.717, 1.165) is 19.4 Å². The summed E-state index contributed by atoms with van der Waals surface area (Å²) in [6.45, 7) is 5.09. The van der Waals surface area contributed by atoms with Crippen molar-refractivity contribution in [2.45, 2.75) is 81.8 Å². The van der Waals surface area contributed by atoms with Crippen molar-refractivity contribution in [2.24, 2.45) is 0 Å². The molecule has 2 aromatic heterocycles. The maximum Gasteiger partial charge on any atom is 0.358 e. The smallest absolute Gasteiger partial charge is 0.358 e. The van der Waals surface area contributed by atoms with Crippen LogP contribution in [0, 0.1) is 0 Å². The molecule has 18 heteroatoms. The Morgan fingerprint density at radius 2 is 2.04 bits per heavy atom. The number of ether oxygens (including phenoxy) is 2. The molecule has 15 nitrogen and oxygen atoms in total. The highest BCUT2D eigenvalue weighted by molar-refractivity contribution is 8.01. The first-order valence-electron chi connectivity index (χ1n) is 14.7. The van der Waals surface area contributed by atoms with Crippen LogP contribution in [-0.4, -0.2) is 109 Å². The lowest BCUT2D eigenvalue weighted by Gasteiger charge is -2.49. The molecular weight excluding hydrogens is 643 g/mol. The zero-order valence-electron chi connectivity index (χ0n) is 25.8. The van der Waals surface area contributed by atoms with E-state index in [4.69, 9.17) is 15.2 Å². The number of amides is 2. The monoisotopic (exact) mass is 681 g/mol. The van der Waals surface area contributed by atoms with Crippen molar-refractivity contribution in [1.29, 1.82) is 0 Å². The van der Waals surface area contributed by atoms with E-state index in [1.807, 2.05) is 25.9 Å². The van der Waals surface area contributed by atoms with E-state index in [1.54, 1.807) is 17.0 Å². The first-order chi connectivity index (χ1) is 21.6. The molecule has 2 aliphatic heterocycles. The first-order valence-corrected chi connectivity index (χ1v) is 17.6. The number of thiazole rings is 1. The average molecular weight is 682 g/mol. The number of fused-ring (bicyclic) bond motifs is 1. The predicted octanol–water partition coefficient (Wildman–Crippen LogP) is 1.67. The number of carbonyl (C=O) groups is 4. The Labute approximate surface area is 274 Å². The van der Waals surface area contributed by atoms with Crippen LogP contribution in [0.2, 0.25) is 0 Å². The number of tetrazole rings is 1. The lowest BCUT2D eigenvalue weighted by atomic mass is 10.0. The van der Waals surface area contributed by atoms with E-state index in [2.05, 4.69) is 25.8 Å². The fraction of sp³-hybridized carbons (Fsp3) is 0.630. The molecule has 0 bridgehead atoms. The highest BCUT2D eigenvalue weighted by Crippen LogP contribution is 2.42. The highest BCUT2D eigenvalue weighted by Gasteiger charge is 2.54. The number of anilines is 1. The van der Waals surface area contributed by atoms with Gasteiger partial charge in [-0.15, -0.1) is 28.2 Å². The van der Waals surface area contributed by atoms with Gasteiger partial charge >= 0.3 is 11.9 Å². The number of nitrogens with zero attached hydrogens (tertiary/aromatic N) is 7. The third-order valence-corrected chi connectivity index (χ3v) is 10.0. The molecule has 0 saturated carbocycles. The van der Waals surface area contributed by atoms with Crippen molar-refractivity contribution in [3.05, 3.63) is 22.3 Å². The van der Waals surface area contributed by atoms with Gasteiger partial charge in [-0.25, -0.2) is 14.5 Å². The van der Waals surface area contributed by atoms with Crippen LogP contribution in [0.3, 0.4) is 0 Å². The summed E-state index contributed by atoms with van der Waals surface area (Å²) in [6.07, 6.45) is 1.89. The molecule has 2 aliphatic rings. The van der Waals surface area contributed by atoms with Gasteiger partial charge < -0.3 is 25.4 Å². The van der Waals surface area contributed by atoms with Crippen LogP contribution in [0.5, 0.6) is 0 Å². The van der Waals surface area contributed by atoms with Gasteiger partial charge in [0, 0.05) is 36.3 Å². The Bertz CT molecular complexity index is 1400. The summed E-state index contributed by atoms with van der Waals surface area (Å²) >= 11 is 4.01. The van der Waals surface area contributed by atoms with Gasteiger partial charge in [-0.2, -0.15) is 0 Å². The van der Waals surface area contributed by atoms with Gasteiger partial charge in [-0.1, -0.05) is 38.5 Å². The Morgan fingerprint density at radius 1 is 1.24 bits per heavy atom. The van der Waals surface area contributed by atoms with Crippen LogP contribution in [0.1, 0.15) is 51.6 Å². The molecule has 0 spiro atoms. The lowest BCUT2D eigenvalue weighted by molar-refractivity contribution is -0.188. The molecule has 3 N–H and O–H groups in total. The summed E-state index contributed by atoms with van der Waals surface area (Å²) < 4.78 is 12.8. The second kappa shape index (κ2) is 16.4. The number of unbranched alkanes of at least 4 members (excludes halogenated alkanes) is 2. The predicted molar refractivity (Wildman–Crippen MR) is 170 cm³/mol. The fourth-order valence-corrected chi connectivity index (χ4v) is 7.50. The van der Waals surface area contributed by atoms with Crippen LogP contribution >= 0.6 is 34.9 Å². The number of likely N-dealkylation sites (N-methyl/N-ethyl adjacent to an activating group) is 1. The number of hydrogen-bond donors (Lipinski definition) is 2. The van der Waals surface area contributed by atoms with Crippen LogP contribution < -0.4 is 11.1 Å². The Kier molecular flexibility index (Phi) is 12.6. The van der Waals surface area contributed by atoms with Crippen molar-refractivity contribution >= 4 is 63.7 Å². The quantitative estimate of drug-likeness (QED) is 0.0807. The summed E-state index contributed by atoms with van der Waals surface area (Å²) in [5, 5.41) is 16.8. The summed E-state index contributed by atoms with van der Waals surface area (Å²) in [6, 6.07) is -0.827. The summed E-state index contributed by atoms with van der Waals surface area (Å²) in [4.78, 5) is 59.7. The molecule has 0 aromatic carbocycles. The van der Waals surface area contributed by atoms with E-state index in [0.29, 0.717) is 46.0 Å². The topological polar surface area (TPSA) is 188 Å². The lowest BCUT2D eigenvalue weighted by Crippen LogP contribution is -2.70. The minimum Gasteiger partial charge on any atom is -0.425 e. The molecule has 4 heterocycles. The van der Waals surface area contributed by atoms with Crippen LogP contribution in [-0.2, 0) is 41.6 Å². The second-order valence-electron chi connectivity index (χ2n) is 10.7. The van der Waals surface area contributed by atoms with E-state index in [-0.39, 0.29) is 30.9 Å². The number of nitrogens with two attached hydrogens (primary N) is 1. The standard InChI is InChI=1S/C27H39N9O6S3/c1-5-7-8-9-19(38)41-20(6-2)42-25(40)22-16(14-45-27-31-32-33-35(27)11-10-34(3)4)13-43-24-21(23(39)36(22)24)30-18(37)12-17-15-44-26(28)29-17/h15,20-21,24H,5-14H2,1-4H3,(H2,28,29)(H,30,37)/t20?,21-,24-/m1/s1. The maximum atomic E-state index is 13.7. The number of thioether (sulfide) groups is 2. The van der Waals surface area contributed by atoms with Crippen molar-refractivity contribution in [1.82, 2.24) is 40.3 Å². The van der Waals surface area contributed by atoms with Crippen LogP contribution in [0.25, 0.3) is 0 Å². The molecule has 45 heavy (non-hydrogen) atoms. The van der Waals surface area contributed by atoms with Crippen molar-refractivity contribution in [3.8, 4) is 0 Å². The summed E-state index contributed by atoms with van der Waals surface area (Å²) in [5.74, 6) is -1.32. The van der Waals surface area contributed by atoms with Gasteiger partial charge in [0.25, 0.3) is 5.91 Å². The molecule has 4 rings (SSSR count). The van der Waals surface area contributed by atoms with Gasteiger partial charge in [0.2, 0.25) is 17.4 Å². The van der Waals surface area contributed by atoms with E-state index in [1.165, 1.54) is 39.8 Å². The number of nitrogens with one attached hydrogen (secondary N) is 1. The minimum absolute atomic E-state index is 0.0220. The largest absolute Gasteiger partial charge is 0.425 e. The zero-order valence-corrected chi connectivity index (χ0v) is 28.2. The Balaban J connectivity index is 1.50. The highest BCUT2D eigenvalue weighted by atomic mass is 32.2. The number of β-lactam (4-membered cyclic amide) rings is 1. The molecule has 0 aliphatic carbocycles. The molecule has 246 valence electrons. The van der Waals surface area contributed by atoms with Gasteiger partial charge in [0.1, 0.15) is 17.1 Å². The molecule has 2 aromatic rings. The molecule has 1 unspecified atom stereocenters. The number of nitrogen functional groups attached to an aromatic ring is 1. The van der Waals surface area contributed by atoms with Gasteiger partial charge in [0.15, 0.2) is 5.13 Å². The minimum atomic E-state index is -1.10. The molecule has 3 atom stereocenters. The average Bonchev–Trinajstić information content (AvgIpc) is 3.64. The number of carbonyl (C=O) groups excluding carboxylic acids is 4. The number of aromatic nitrogens is 5. The van der Waals surface area contributed by atoms with Gasteiger partial charge in [-0.3, -0.25) is 19.3 Å². The third kappa shape index (κ3) is 9.17. The number of hydrogen-bond acceptors (Lipinski definition) is 15. The van der Waals surface area contributed by atoms with E-state index >= 15 is 0 Å². The Morgan fingerprint density at radius 3 is 2.73 bits per heavy atom. The summed E-state index contributed by atoms with van der Waals surface area (Å²) in [7, 11) is 3.91. The number of esters is 2. The van der Waals surface area contributed by atoms with E-state index < -0.39 is 35.6 Å². The van der Waals surface area contributed by atoms with Gasteiger partial charge in [-0.05, 0) is 36.5 Å². The Hall–Kier alpha value is -3.22.